The Kier molecular flexibility index (Phi) is 9.43. The van der Waals surface area contributed by atoms with Gasteiger partial charge in [0, 0.05) is 102 Å². The minimum absolute atomic E-state index is 0.938. The van der Waals surface area contributed by atoms with E-state index in [0.29, 0.717) is 0 Å². The zero-order valence-electron chi connectivity index (χ0n) is 35.0. The summed E-state index contributed by atoms with van der Waals surface area (Å²) in [5, 5.41) is 6.39. The lowest BCUT2D eigenvalue weighted by Crippen LogP contribution is -2.09. The van der Waals surface area contributed by atoms with Gasteiger partial charge >= 0.3 is 0 Å². The smallest absolute Gasteiger partial charge is 0.0542 e. The third-order valence-electron chi connectivity index (χ3n) is 12.6. The number of aromatic nitrogens is 3. The summed E-state index contributed by atoms with van der Waals surface area (Å²) in [7, 11) is 2.12. The maximum absolute atomic E-state index is 3.55. The number of rotatable bonds is 7. The van der Waals surface area contributed by atoms with Gasteiger partial charge in [-0.1, -0.05) is 103 Å². The fourth-order valence-corrected chi connectivity index (χ4v) is 9.58. The van der Waals surface area contributed by atoms with Gasteiger partial charge in [-0.05, 0) is 123 Å². The number of anilines is 5. The lowest BCUT2D eigenvalue weighted by Gasteiger charge is -2.26. The first-order valence-corrected chi connectivity index (χ1v) is 21.7. The van der Waals surface area contributed by atoms with Crippen LogP contribution in [0.4, 0.5) is 28.4 Å². The van der Waals surface area contributed by atoms with Crippen molar-refractivity contribution in [3.8, 4) is 5.69 Å². The molecular formula is C57H47N5. The van der Waals surface area contributed by atoms with Crippen LogP contribution in [0, 0.1) is 0 Å². The van der Waals surface area contributed by atoms with E-state index in [-0.39, 0.29) is 0 Å². The van der Waals surface area contributed by atoms with Gasteiger partial charge in [-0.3, -0.25) is 0 Å². The molecule has 5 nitrogen and oxygen atoms in total. The summed E-state index contributed by atoms with van der Waals surface area (Å²) >= 11 is 0. The van der Waals surface area contributed by atoms with Crippen molar-refractivity contribution in [3.63, 3.8) is 0 Å². The van der Waals surface area contributed by atoms with Crippen LogP contribution in [0.25, 0.3) is 66.3 Å². The van der Waals surface area contributed by atoms with Gasteiger partial charge in [0.25, 0.3) is 0 Å². The number of allylic oxidation sites excluding steroid dienone is 1. The fourth-order valence-electron chi connectivity index (χ4n) is 9.58. The van der Waals surface area contributed by atoms with Gasteiger partial charge in [0.05, 0.1) is 11.0 Å². The monoisotopic (exact) mass is 801 g/mol. The van der Waals surface area contributed by atoms with E-state index >= 15 is 0 Å². The average molecular weight is 802 g/mol. The second-order valence-electron chi connectivity index (χ2n) is 16.1. The van der Waals surface area contributed by atoms with E-state index in [9.17, 15) is 0 Å². The Labute approximate surface area is 362 Å². The van der Waals surface area contributed by atoms with Crippen molar-refractivity contribution in [2.24, 2.45) is 0 Å². The predicted octanol–water partition coefficient (Wildman–Crippen LogP) is 15.3. The molecule has 62 heavy (non-hydrogen) atoms. The van der Waals surface area contributed by atoms with Gasteiger partial charge in [0.2, 0.25) is 0 Å². The highest BCUT2D eigenvalue weighted by Gasteiger charge is 2.19. The van der Waals surface area contributed by atoms with E-state index in [0.717, 1.165) is 36.4 Å². The van der Waals surface area contributed by atoms with Gasteiger partial charge in [0.1, 0.15) is 0 Å². The van der Waals surface area contributed by atoms with Gasteiger partial charge in [0.15, 0.2) is 0 Å². The number of aromatic amines is 1. The molecule has 1 aliphatic carbocycles. The molecule has 0 radical (unpaired) electrons. The molecule has 1 N–H and O–H groups in total. The van der Waals surface area contributed by atoms with E-state index < -0.39 is 0 Å². The maximum atomic E-state index is 3.55. The number of hydrogen-bond donors (Lipinski definition) is 1. The number of para-hydroxylation sites is 5. The number of H-pyrrole nitrogens is 1. The molecule has 0 fully saturated rings. The SMILES string of the molecule is CCn1c2ccccc2c2cc(N(c3ccccc3)c3ccc4c(c3)c3ccccc3n4-c3ccccc3)ccc21.CN(c1ccccc1)c1ccc2[nH]c3c(c2c1)C=CCC3. The van der Waals surface area contributed by atoms with Crippen molar-refractivity contribution in [3.05, 3.63) is 211 Å². The van der Waals surface area contributed by atoms with Crippen LogP contribution in [0.1, 0.15) is 24.6 Å². The minimum Gasteiger partial charge on any atom is -0.358 e. The van der Waals surface area contributed by atoms with Crippen LogP contribution in [-0.2, 0) is 13.0 Å². The molecule has 8 aromatic carbocycles. The Hall–Kier alpha value is -7.76. The molecule has 11 aromatic rings. The molecule has 300 valence electrons. The Morgan fingerprint density at radius 2 is 1.02 bits per heavy atom. The number of nitrogens with one attached hydrogen (secondary N) is 1. The molecule has 0 unspecified atom stereocenters. The summed E-state index contributed by atoms with van der Waals surface area (Å²) < 4.78 is 4.78. The van der Waals surface area contributed by atoms with Crippen molar-refractivity contribution < 1.29 is 0 Å². The first-order chi connectivity index (χ1) is 30.6. The van der Waals surface area contributed by atoms with Crippen LogP contribution in [-0.4, -0.2) is 21.2 Å². The molecule has 5 heteroatoms. The number of aryl methyl sites for hydroxylation is 2. The molecule has 0 saturated heterocycles. The summed E-state index contributed by atoms with van der Waals surface area (Å²) in [4.78, 5) is 8.16. The highest BCUT2D eigenvalue weighted by atomic mass is 15.1. The molecule has 0 bridgehead atoms. The molecular weight excluding hydrogens is 755 g/mol. The summed E-state index contributed by atoms with van der Waals surface area (Å²) in [5.41, 5.74) is 15.9. The van der Waals surface area contributed by atoms with Crippen LogP contribution in [0.3, 0.4) is 0 Å². The molecule has 0 spiro atoms. The molecule has 1 aliphatic rings. The summed E-state index contributed by atoms with van der Waals surface area (Å²) in [6.45, 7) is 3.16. The largest absolute Gasteiger partial charge is 0.358 e. The molecule has 3 aromatic heterocycles. The number of hydrogen-bond acceptors (Lipinski definition) is 2. The van der Waals surface area contributed by atoms with Crippen molar-refractivity contribution in [2.45, 2.75) is 26.3 Å². The van der Waals surface area contributed by atoms with Crippen LogP contribution in [0.5, 0.6) is 0 Å². The zero-order chi connectivity index (χ0) is 41.6. The maximum Gasteiger partial charge on any atom is 0.0542 e. The quantitative estimate of drug-likeness (QED) is 0.174. The van der Waals surface area contributed by atoms with E-state index in [4.69, 9.17) is 0 Å². The molecule has 12 rings (SSSR count). The summed E-state index contributed by atoms with van der Waals surface area (Å²) in [5.74, 6) is 0. The topological polar surface area (TPSA) is 32.1 Å². The normalized spacial score (nSPS) is 12.2. The lowest BCUT2D eigenvalue weighted by molar-refractivity contribution is 0.827. The van der Waals surface area contributed by atoms with Gasteiger partial charge in [-0.2, -0.15) is 0 Å². The molecule has 0 atom stereocenters. The second-order valence-corrected chi connectivity index (χ2v) is 16.1. The van der Waals surface area contributed by atoms with Crippen LogP contribution >= 0.6 is 0 Å². The number of fused-ring (bicyclic) bond motifs is 9. The summed E-state index contributed by atoms with van der Waals surface area (Å²) in [6.07, 6.45) is 6.77. The van der Waals surface area contributed by atoms with Gasteiger partial charge in [-0.15, -0.1) is 0 Å². The summed E-state index contributed by atoms with van der Waals surface area (Å²) in [6, 6.07) is 69.7. The Morgan fingerprint density at radius 3 is 1.73 bits per heavy atom. The first-order valence-electron chi connectivity index (χ1n) is 21.7. The average Bonchev–Trinajstić information content (AvgIpc) is 3.99. The van der Waals surface area contributed by atoms with E-state index in [1.54, 1.807) is 0 Å². The van der Waals surface area contributed by atoms with Crippen LogP contribution < -0.4 is 9.80 Å². The van der Waals surface area contributed by atoms with Gasteiger partial charge < -0.3 is 23.9 Å². The predicted molar refractivity (Wildman–Crippen MR) is 264 cm³/mol. The van der Waals surface area contributed by atoms with Gasteiger partial charge in [-0.25, -0.2) is 0 Å². The van der Waals surface area contributed by atoms with Crippen LogP contribution in [0.2, 0.25) is 0 Å². The van der Waals surface area contributed by atoms with Crippen molar-refractivity contribution in [2.75, 3.05) is 16.8 Å². The lowest BCUT2D eigenvalue weighted by atomic mass is 10.0. The first kappa shape index (κ1) is 37.3. The van der Waals surface area contributed by atoms with Crippen molar-refractivity contribution in [1.29, 1.82) is 0 Å². The Balaban J connectivity index is 0.000000172. The second kappa shape index (κ2) is 15.7. The highest BCUT2D eigenvalue weighted by molar-refractivity contribution is 6.12. The van der Waals surface area contributed by atoms with E-state index in [1.165, 1.54) is 82.8 Å². The van der Waals surface area contributed by atoms with Crippen LogP contribution in [0.15, 0.2) is 200 Å². The van der Waals surface area contributed by atoms with Crippen molar-refractivity contribution >= 4 is 89.0 Å². The highest BCUT2D eigenvalue weighted by Crippen LogP contribution is 2.42. The molecule has 0 aliphatic heterocycles. The van der Waals surface area contributed by atoms with E-state index in [1.807, 2.05) is 6.07 Å². The minimum atomic E-state index is 0.938. The molecule has 0 saturated carbocycles. The Bertz CT molecular complexity index is 3410. The third kappa shape index (κ3) is 6.41. The number of nitrogens with zero attached hydrogens (tertiary/aromatic N) is 4. The molecule has 0 amide bonds. The fraction of sp³-hybridized carbons (Fsp3) is 0.0877. The van der Waals surface area contributed by atoms with E-state index in [2.05, 4.69) is 238 Å². The Morgan fingerprint density at radius 1 is 0.484 bits per heavy atom. The van der Waals surface area contributed by atoms with Crippen molar-refractivity contribution in [1.82, 2.24) is 14.1 Å². The standard InChI is InChI=1S/C38H29N3.C19H18N2/c1-2-39-35-19-11-9-17-31(35)33-25-29(21-23-36(33)39)40(27-13-5-3-6-14-27)30-22-24-38-34(26-30)32-18-10-12-20-37(32)41(38)28-15-7-4-8-16-28;1-21(14-7-3-2-4-8-14)15-11-12-19-17(13-15)16-9-5-6-10-18(16)20-19/h3-26H,2H2,1H3;2-5,7-9,11-13,20H,6,10H2,1H3. The third-order valence-corrected chi connectivity index (χ3v) is 12.6. The number of benzene rings is 8. The zero-order valence-corrected chi connectivity index (χ0v) is 35.0. The molecule has 3 heterocycles.